The lowest BCUT2D eigenvalue weighted by Crippen LogP contribution is -2.45. The van der Waals surface area contributed by atoms with Crippen molar-refractivity contribution in [3.05, 3.63) is 0 Å². The van der Waals surface area contributed by atoms with Crippen LogP contribution in [0.15, 0.2) is 0 Å². The zero-order valence-corrected chi connectivity index (χ0v) is 16.6. The van der Waals surface area contributed by atoms with Crippen molar-refractivity contribution in [3.63, 3.8) is 0 Å². The second-order valence-electron chi connectivity index (χ2n) is 8.72. The summed E-state index contributed by atoms with van der Waals surface area (Å²) in [5.41, 5.74) is -0.639. The Kier molecular flexibility index (Phi) is 5.58. The third-order valence-electron chi connectivity index (χ3n) is 4.45. The molecule has 1 aliphatic rings. The molecule has 1 fully saturated rings. The fraction of sp³-hybridized carbons (Fsp3) is 0.875. The van der Waals surface area contributed by atoms with Gasteiger partial charge in [-0.05, 0) is 38.9 Å². The first-order valence-corrected chi connectivity index (χ1v) is 10.9. The molecule has 0 aromatic rings. The zero-order valence-electron chi connectivity index (χ0n) is 15.6. The number of carbonyl (C=O) groups excluding carboxylic acids is 1. The lowest BCUT2D eigenvalue weighted by Gasteiger charge is -2.38. The molecule has 0 radical (unpaired) electrons. The Labute approximate surface area is 140 Å². The van der Waals surface area contributed by atoms with Gasteiger partial charge in [0.25, 0.3) is 0 Å². The highest BCUT2D eigenvalue weighted by Gasteiger charge is 2.46. The molecule has 0 aliphatic carbocycles. The summed E-state index contributed by atoms with van der Waals surface area (Å²) in [6, 6.07) is -0.790. The molecule has 23 heavy (non-hydrogen) atoms. The Balaban J connectivity index is 2.87. The van der Waals surface area contributed by atoms with Gasteiger partial charge in [-0.15, -0.1) is 0 Å². The van der Waals surface area contributed by atoms with Gasteiger partial charge in [-0.1, -0.05) is 20.8 Å². The quantitative estimate of drug-likeness (QED) is 0.626. The summed E-state index contributed by atoms with van der Waals surface area (Å²) in [6.45, 7) is 16.2. The average molecular weight is 346 g/mol. The number of rotatable bonds is 3. The van der Waals surface area contributed by atoms with Crippen molar-refractivity contribution in [3.8, 4) is 0 Å². The molecule has 1 aliphatic heterocycles. The van der Waals surface area contributed by atoms with Crippen molar-refractivity contribution in [2.24, 2.45) is 0 Å². The van der Waals surface area contributed by atoms with Crippen LogP contribution in [0.25, 0.3) is 0 Å². The van der Waals surface area contributed by atoms with Crippen LogP contribution < -0.4 is 0 Å². The largest absolute Gasteiger partial charge is 0.465 e. The van der Waals surface area contributed by atoms with Crippen LogP contribution in [0.5, 0.6) is 0 Å². The predicted octanol–water partition coefficient (Wildman–Crippen LogP) is 3.47. The van der Waals surface area contributed by atoms with Crippen molar-refractivity contribution < 1.29 is 23.9 Å². The standard InChI is InChI=1S/C16H31NO5Si/c1-15(2,3)21-13(18)12-9-11(10-17(12)14(19)20)22-23(7,8)16(4,5)6/h11-12H,9-10H2,1-8H3,(H,19,20)/t11-,12+/m1/s1. The molecular formula is C16H31NO5Si. The fourth-order valence-corrected chi connectivity index (χ4v) is 3.64. The number of ether oxygens (including phenoxy) is 1. The summed E-state index contributed by atoms with van der Waals surface area (Å²) in [4.78, 5) is 24.9. The molecule has 7 heteroatoms. The van der Waals surface area contributed by atoms with Gasteiger partial charge in [0.1, 0.15) is 11.6 Å². The molecule has 2 atom stereocenters. The Morgan fingerprint density at radius 1 is 1.13 bits per heavy atom. The van der Waals surface area contributed by atoms with Gasteiger partial charge in [-0.2, -0.15) is 0 Å². The van der Waals surface area contributed by atoms with Crippen LogP contribution >= 0.6 is 0 Å². The van der Waals surface area contributed by atoms with Crippen LogP contribution in [0.1, 0.15) is 48.0 Å². The number of amides is 1. The van der Waals surface area contributed by atoms with Gasteiger partial charge in [0.2, 0.25) is 0 Å². The van der Waals surface area contributed by atoms with E-state index in [1.807, 2.05) is 0 Å². The molecule has 0 aromatic carbocycles. The topological polar surface area (TPSA) is 76.1 Å². The molecule has 0 aromatic heterocycles. The van der Waals surface area contributed by atoms with E-state index < -0.39 is 32.0 Å². The lowest BCUT2D eigenvalue weighted by molar-refractivity contribution is -0.159. The molecular weight excluding hydrogens is 314 g/mol. The monoisotopic (exact) mass is 345 g/mol. The van der Waals surface area contributed by atoms with Gasteiger partial charge in [-0.3, -0.25) is 4.90 Å². The molecule has 0 bridgehead atoms. The van der Waals surface area contributed by atoms with Crippen LogP contribution in [0, 0.1) is 0 Å². The van der Waals surface area contributed by atoms with Crippen molar-refractivity contribution in [1.29, 1.82) is 0 Å². The highest BCUT2D eigenvalue weighted by molar-refractivity contribution is 6.74. The van der Waals surface area contributed by atoms with Crippen LogP contribution in [-0.4, -0.2) is 54.7 Å². The Hall–Kier alpha value is -1.08. The zero-order chi connectivity index (χ0) is 18.2. The van der Waals surface area contributed by atoms with E-state index in [9.17, 15) is 14.7 Å². The van der Waals surface area contributed by atoms with Gasteiger partial charge in [0.15, 0.2) is 8.32 Å². The Bertz CT molecular complexity index is 464. The minimum atomic E-state index is -2.02. The molecule has 0 spiro atoms. The van der Waals surface area contributed by atoms with E-state index in [0.717, 1.165) is 4.90 Å². The third kappa shape index (κ3) is 5.21. The number of carboxylic acid groups (broad SMARTS) is 1. The normalized spacial score (nSPS) is 23.0. The number of hydrogen-bond acceptors (Lipinski definition) is 4. The first-order chi connectivity index (χ1) is 10.1. The first-order valence-electron chi connectivity index (χ1n) is 8.04. The second kappa shape index (κ2) is 6.43. The van der Waals surface area contributed by atoms with Crippen LogP contribution in [-0.2, 0) is 14.0 Å². The molecule has 0 saturated carbocycles. The summed E-state index contributed by atoms with van der Waals surface area (Å²) in [5, 5.41) is 9.41. The van der Waals surface area contributed by atoms with Crippen molar-refractivity contribution >= 4 is 20.4 Å². The highest BCUT2D eigenvalue weighted by atomic mass is 28.4. The van der Waals surface area contributed by atoms with Crippen molar-refractivity contribution in [1.82, 2.24) is 4.90 Å². The Morgan fingerprint density at radius 2 is 1.65 bits per heavy atom. The number of esters is 1. The van der Waals surface area contributed by atoms with Gasteiger partial charge >= 0.3 is 12.1 Å². The second-order valence-corrected chi connectivity index (χ2v) is 13.5. The van der Waals surface area contributed by atoms with E-state index in [-0.39, 0.29) is 17.7 Å². The maximum Gasteiger partial charge on any atom is 0.408 e. The third-order valence-corrected chi connectivity index (χ3v) is 8.99. The van der Waals surface area contributed by atoms with E-state index in [4.69, 9.17) is 9.16 Å². The number of likely N-dealkylation sites (tertiary alicyclic amines) is 1. The molecule has 1 heterocycles. The molecule has 6 nitrogen and oxygen atoms in total. The summed E-state index contributed by atoms with van der Waals surface area (Å²) in [6.07, 6.45) is -1.01. The summed E-state index contributed by atoms with van der Waals surface area (Å²) in [5.74, 6) is -0.499. The molecule has 1 saturated heterocycles. The highest BCUT2D eigenvalue weighted by Crippen LogP contribution is 2.39. The summed E-state index contributed by atoms with van der Waals surface area (Å²) < 4.78 is 11.6. The van der Waals surface area contributed by atoms with Crippen LogP contribution in [0.3, 0.4) is 0 Å². The number of hydrogen-bond donors (Lipinski definition) is 1. The van der Waals surface area contributed by atoms with Crippen LogP contribution in [0.2, 0.25) is 18.1 Å². The van der Waals surface area contributed by atoms with Gasteiger partial charge < -0.3 is 14.3 Å². The maximum atomic E-state index is 12.3. The minimum absolute atomic E-state index is 0.0328. The molecule has 1 N–H and O–H groups in total. The molecule has 134 valence electrons. The van der Waals surface area contributed by atoms with Gasteiger partial charge in [-0.25, -0.2) is 9.59 Å². The van der Waals surface area contributed by atoms with Gasteiger partial charge in [0, 0.05) is 13.0 Å². The van der Waals surface area contributed by atoms with E-state index in [2.05, 4.69) is 33.9 Å². The summed E-state index contributed by atoms with van der Waals surface area (Å²) >= 11 is 0. The minimum Gasteiger partial charge on any atom is -0.465 e. The maximum absolute atomic E-state index is 12.3. The SMILES string of the molecule is CC(C)(C)OC(=O)[C@@H]1C[C@@H](O[Si](C)(C)C(C)(C)C)CN1C(=O)O. The van der Waals surface area contributed by atoms with Crippen molar-refractivity contribution in [2.45, 2.75) is 83.8 Å². The molecule has 1 rings (SSSR count). The van der Waals surface area contributed by atoms with E-state index in [0.29, 0.717) is 6.42 Å². The molecule has 0 unspecified atom stereocenters. The lowest BCUT2D eigenvalue weighted by atomic mass is 10.1. The number of carbonyl (C=O) groups is 2. The van der Waals surface area contributed by atoms with E-state index in [1.165, 1.54) is 0 Å². The average Bonchev–Trinajstić information content (AvgIpc) is 2.68. The first kappa shape index (κ1) is 20.0. The van der Waals surface area contributed by atoms with E-state index in [1.54, 1.807) is 20.8 Å². The fourth-order valence-electron chi connectivity index (χ4n) is 2.28. The Morgan fingerprint density at radius 3 is 2.04 bits per heavy atom. The summed E-state index contributed by atoms with van der Waals surface area (Å²) in [7, 11) is -2.02. The smallest absolute Gasteiger partial charge is 0.408 e. The predicted molar refractivity (Wildman–Crippen MR) is 91.1 cm³/mol. The van der Waals surface area contributed by atoms with Crippen molar-refractivity contribution in [2.75, 3.05) is 6.54 Å². The van der Waals surface area contributed by atoms with Gasteiger partial charge in [0.05, 0.1) is 6.10 Å². The molecule has 1 amide bonds. The van der Waals surface area contributed by atoms with Crippen LogP contribution in [0.4, 0.5) is 4.79 Å². The number of nitrogens with zero attached hydrogens (tertiary/aromatic N) is 1. The van der Waals surface area contributed by atoms with E-state index >= 15 is 0 Å².